The van der Waals surface area contributed by atoms with Crippen LogP contribution in [0.1, 0.15) is 0 Å². The number of aromatic nitrogens is 1. The Morgan fingerprint density at radius 2 is 1.73 bits per heavy atom. The first-order valence-electron chi connectivity index (χ1n) is 7.70. The molecule has 132 valence electrons. The van der Waals surface area contributed by atoms with Gasteiger partial charge in [-0.3, -0.25) is 9.59 Å². The predicted molar refractivity (Wildman–Crippen MR) is 106 cm³/mol. The number of anilines is 1. The summed E-state index contributed by atoms with van der Waals surface area (Å²) in [5.41, 5.74) is 0.214. The Kier molecular flexibility index (Phi) is 6.04. The Bertz CT molecular complexity index is 990. The minimum atomic E-state index is -0.460. The number of pyridine rings is 1. The molecular formula is C19H14Cl2N2O2S. The number of benzene rings is 2. The number of hydrogen-bond acceptors (Lipinski definition) is 3. The summed E-state index contributed by atoms with van der Waals surface area (Å²) >= 11 is 13.3. The molecule has 0 aliphatic rings. The summed E-state index contributed by atoms with van der Waals surface area (Å²) in [6, 6.07) is 18.7. The van der Waals surface area contributed by atoms with Crippen molar-refractivity contribution < 1.29 is 4.79 Å². The van der Waals surface area contributed by atoms with Gasteiger partial charge in [-0.25, -0.2) is 0 Å². The summed E-state index contributed by atoms with van der Waals surface area (Å²) in [5.74, 6) is -0.341. The fourth-order valence-corrected chi connectivity index (χ4v) is 3.73. The van der Waals surface area contributed by atoms with E-state index in [1.165, 1.54) is 16.8 Å². The third-order valence-corrected chi connectivity index (χ3v) is 5.02. The number of amides is 1. The molecule has 0 bridgehead atoms. The lowest BCUT2D eigenvalue weighted by Gasteiger charge is -2.12. The van der Waals surface area contributed by atoms with Crippen LogP contribution in [0.3, 0.4) is 0 Å². The molecule has 3 rings (SSSR count). The molecule has 1 amide bonds. The summed E-state index contributed by atoms with van der Waals surface area (Å²) < 4.78 is 1.19. The van der Waals surface area contributed by atoms with Crippen LogP contribution >= 0.6 is 35.0 Å². The highest BCUT2D eigenvalue weighted by atomic mass is 35.5. The van der Waals surface area contributed by atoms with E-state index in [-0.39, 0.29) is 17.5 Å². The maximum Gasteiger partial charge on any atom is 0.269 e. The maximum atomic E-state index is 12.4. The van der Waals surface area contributed by atoms with Crippen LogP contribution in [0.25, 0.3) is 0 Å². The molecule has 1 heterocycles. The molecular weight excluding hydrogens is 391 g/mol. The largest absolute Gasteiger partial charge is 0.324 e. The van der Waals surface area contributed by atoms with Crippen LogP contribution in [-0.4, -0.2) is 10.5 Å². The second-order valence-corrected chi connectivity index (χ2v) is 7.36. The molecule has 1 aromatic heterocycles. The van der Waals surface area contributed by atoms with Gasteiger partial charge in [0.2, 0.25) is 5.91 Å². The monoisotopic (exact) mass is 404 g/mol. The number of rotatable bonds is 5. The average molecular weight is 405 g/mol. The normalized spacial score (nSPS) is 10.5. The SMILES string of the molecule is O=C(Cn1cc(Cl)cc(Cl)c1=O)Nc1ccccc1Sc1ccccc1. The van der Waals surface area contributed by atoms with Gasteiger partial charge in [0.1, 0.15) is 11.6 Å². The maximum absolute atomic E-state index is 12.4. The van der Waals surface area contributed by atoms with Crippen molar-refractivity contribution in [2.45, 2.75) is 16.3 Å². The Hall–Kier alpha value is -2.21. The highest BCUT2D eigenvalue weighted by Gasteiger charge is 2.11. The topological polar surface area (TPSA) is 51.1 Å². The third kappa shape index (κ3) is 4.69. The van der Waals surface area contributed by atoms with E-state index >= 15 is 0 Å². The number of carbonyl (C=O) groups excluding carboxylic acids is 1. The molecule has 7 heteroatoms. The quantitative estimate of drug-likeness (QED) is 0.654. The van der Waals surface area contributed by atoms with Gasteiger partial charge in [0, 0.05) is 16.0 Å². The van der Waals surface area contributed by atoms with Crippen molar-refractivity contribution in [2.24, 2.45) is 0 Å². The zero-order chi connectivity index (χ0) is 18.5. The number of nitrogens with zero attached hydrogens (tertiary/aromatic N) is 1. The van der Waals surface area contributed by atoms with Gasteiger partial charge in [0.15, 0.2) is 0 Å². The standard InChI is InChI=1S/C19H14Cl2N2O2S/c20-13-10-15(21)19(25)23(11-13)12-18(24)22-16-8-4-5-9-17(16)26-14-6-2-1-3-7-14/h1-11H,12H2,(H,22,24). The minimum Gasteiger partial charge on any atom is -0.324 e. The van der Waals surface area contributed by atoms with Crippen LogP contribution < -0.4 is 10.9 Å². The highest BCUT2D eigenvalue weighted by molar-refractivity contribution is 7.99. The van der Waals surface area contributed by atoms with Crippen molar-refractivity contribution in [2.75, 3.05) is 5.32 Å². The Labute approximate surface area is 164 Å². The number of nitrogens with one attached hydrogen (secondary N) is 1. The lowest BCUT2D eigenvalue weighted by atomic mass is 10.3. The van der Waals surface area contributed by atoms with E-state index < -0.39 is 5.56 Å². The van der Waals surface area contributed by atoms with Crippen molar-refractivity contribution in [1.29, 1.82) is 0 Å². The van der Waals surface area contributed by atoms with Crippen LogP contribution in [-0.2, 0) is 11.3 Å². The second kappa shape index (κ2) is 8.45. The zero-order valence-corrected chi connectivity index (χ0v) is 15.8. The van der Waals surface area contributed by atoms with Crippen LogP contribution in [0.15, 0.2) is 81.4 Å². The first-order valence-corrected chi connectivity index (χ1v) is 9.27. The molecule has 2 aromatic carbocycles. The fourth-order valence-electron chi connectivity index (χ4n) is 2.30. The lowest BCUT2D eigenvalue weighted by molar-refractivity contribution is -0.116. The minimum absolute atomic E-state index is 0.0228. The van der Waals surface area contributed by atoms with E-state index in [0.29, 0.717) is 10.7 Å². The predicted octanol–water partition coefficient (Wildman–Crippen LogP) is 4.95. The van der Waals surface area contributed by atoms with Gasteiger partial charge in [-0.1, -0.05) is 65.3 Å². The van der Waals surface area contributed by atoms with Crippen LogP contribution in [0.2, 0.25) is 10.0 Å². The highest BCUT2D eigenvalue weighted by Crippen LogP contribution is 2.33. The number of para-hydroxylation sites is 1. The van der Waals surface area contributed by atoms with Crippen LogP contribution in [0, 0.1) is 0 Å². The van der Waals surface area contributed by atoms with Gasteiger partial charge in [0.05, 0.1) is 10.7 Å². The number of carbonyl (C=O) groups is 1. The van der Waals surface area contributed by atoms with E-state index in [1.807, 2.05) is 54.6 Å². The van der Waals surface area contributed by atoms with Crippen LogP contribution in [0.4, 0.5) is 5.69 Å². The molecule has 0 saturated carbocycles. The third-order valence-electron chi connectivity index (χ3n) is 3.46. The smallest absolute Gasteiger partial charge is 0.269 e. The fraction of sp³-hybridized carbons (Fsp3) is 0.0526. The zero-order valence-electron chi connectivity index (χ0n) is 13.5. The average Bonchev–Trinajstić information content (AvgIpc) is 2.62. The van der Waals surface area contributed by atoms with Crippen molar-refractivity contribution in [1.82, 2.24) is 4.57 Å². The first-order chi connectivity index (χ1) is 12.5. The molecule has 0 saturated heterocycles. The van der Waals surface area contributed by atoms with Crippen molar-refractivity contribution >= 4 is 46.6 Å². The number of hydrogen-bond donors (Lipinski definition) is 1. The molecule has 26 heavy (non-hydrogen) atoms. The van der Waals surface area contributed by atoms with Gasteiger partial charge >= 0.3 is 0 Å². The molecule has 0 aliphatic heterocycles. The lowest BCUT2D eigenvalue weighted by Crippen LogP contribution is -2.27. The summed E-state index contributed by atoms with van der Waals surface area (Å²) in [6.45, 7) is -0.177. The molecule has 4 nitrogen and oxygen atoms in total. The van der Waals surface area contributed by atoms with Gasteiger partial charge in [-0.15, -0.1) is 0 Å². The summed E-state index contributed by atoms with van der Waals surface area (Å²) in [5, 5.41) is 3.11. The molecule has 0 radical (unpaired) electrons. The van der Waals surface area contributed by atoms with E-state index in [2.05, 4.69) is 5.32 Å². The van der Waals surface area contributed by atoms with Crippen molar-refractivity contribution in [3.63, 3.8) is 0 Å². The molecule has 0 atom stereocenters. The van der Waals surface area contributed by atoms with E-state index in [9.17, 15) is 9.59 Å². The van der Waals surface area contributed by atoms with E-state index in [0.717, 1.165) is 9.79 Å². The van der Waals surface area contributed by atoms with Gasteiger partial charge in [-0.05, 0) is 30.3 Å². The molecule has 3 aromatic rings. The number of halogens is 2. The molecule has 0 aliphatic carbocycles. The van der Waals surface area contributed by atoms with Gasteiger partial charge in [-0.2, -0.15) is 0 Å². The van der Waals surface area contributed by atoms with E-state index in [4.69, 9.17) is 23.2 Å². The van der Waals surface area contributed by atoms with Crippen molar-refractivity contribution in [3.8, 4) is 0 Å². The first kappa shape index (κ1) is 18.6. The summed E-state index contributed by atoms with van der Waals surface area (Å²) in [7, 11) is 0. The van der Waals surface area contributed by atoms with Gasteiger partial charge < -0.3 is 9.88 Å². The van der Waals surface area contributed by atoms with Crippen molar-refractivity contribution in [3.05, 3.63) is 87.3 Å². The summed E-state index contributed by atoms with van der Waals surface area (Å²) in [4.78, 5) is 26.4. The van der Waals surface area contributed by atoms with Crippen LogP contribution in [0.5, 0.6) is 0 Å². The Morgan fingerprint density at radius 3 is 2.50 bits per heavy atom. The second-order valence-electron chi connectivity index (χ2n) is 5.40. The van der Waals surface area contributed by atoms with E-state index in [1.54, 1.807) is 11.8 Å². The molecule has 0 fully saturated rings. The Morgan fingerprint density at radius 1 is 1.04 bits per heavy atom. The molecule has 0 spiro atoms. The Balaban J connectivity index is 1.77. The molecule has 1 N–H and O–H groups in total. The van der Waals surface area contributed by atoms with Gasteiger partial charge in [0.25, 0.3) is 5.56 Å². The molecule has 0 unspecified atom stereocenters. The summed E-state index contributed by atoms with van der Waals surface area (Å²) in [6.07, 6.45) is 1.39.